The van der Waals surface area contributed by atoms with Gasteiger partial charge in [0.15, 0.2) is 0 Å². The number of anilines is 2. The van der Waals surface area contributed by atoms with Gasteiger partial charge in [0.1, 0.15) is 11.5 Å². The largest absolute Gasteiger partial charge is 0.495 e. The van der Waals surface area contributed by atoms with Crippen molar-refractivity contribution in [3.63, 3.8) is 0 Å². The van der Waals surface area contributed by atoms with Crippen molar-refractivity contribution in [3.05, 3.63) is 53.6 Å². The van der Waals surface area contributed by atoms with Gasteiger partial charge in [-0.1, -0.05) is 23.8 Å². The topological polar surface area (TPSA) is 114 Å². The molecule has 1 aliphatic rings. The number of nitrogens with one attached hydrogen (secondary N) is 2. The van der Waals surface area contributed by atoms with Gasteiger partial charge in [-0.05, 0) is 50.1 Å². The number of hydrogen-bond acceptors (Lipinski definition) is 6. The van der Waals surface area contributed by atoms with Crippen LogP contribution in [0.4, 0.5) is 11.4 Å². The van der Waals surface area contributed by atoms with Gasteiger partial charge in [-0.15, -0.1) is 11.8 Å². The van der Waals surface area contributed by atoms with Gasteiger partial charge in [0, 0.05) is 16.6 Å². The number of carbonyl (C=O) groups excluding carboxylic acids is 2. The van der Waals surface area contributed by atoms with Crippen LogP contribution in [-0.4, -0.2) is 42.4 Å². The van der Waals surface area contributed by atoms with E-state index < -0.39 is 23.1 Å². The molecule has 3 N–H and O–H groups in total. The maximum atomic E-state index is 12.8. The standard InChI is InChI=1S/C25H27ClN2O6S/c1-14(23(29)28-20-12-19(26)21(33-2)13-22(20)34-3)35-16-10-8-15(9-11-16)27-24(30)17-6-4-5-7-18(17)25(31)32/h4-5,8-14,17-18H,6-7H2,1-3H3,(H,27,30)(H,28,29)(H,31,32). The minimum atomic E-state index is -0.969. The quantitative estimate of drug-likeness (QED) is 0.313. The Labute approximate surface area is 213 Å². The van der Waals surface area contributed by atoms with Gasteiger partial charge in [-0.2, -0.15) is 0 Å². The zero-order valence-electron chi connectivity index (χ0n) is 19.5. The van der Waals surface area contributed by atoms with Crippen LogP contribution in [-0.2, 0) is 14.4 Å². The molecule has 35 heavy (non-hydrogen) atoms. The van der Waals surface area contributed by atoms with E-state index in [1.54, 1.807) is 49.4 Å². The number of rotatable bonds is 9. The van der Waals surface area contributed by atoms with Crippen molar-refractivity contribution in [2.45, 2.75) is 29.9 Å². The Morgan fingerprint density at radius 3 is 2.23 bits per heavy atom. The Hall–Kier alpha value is -3.17. The molecule has 0 aromatic heterocycles. The fourth-order valence-electron chi connectivity index (χ4n) is 3.68. The molecule has 0 fully saturated rings. The van der Waals surface area contributed by atoms with E-state index in [1.807, 2.05) is 6.08 Å². The molecule has 0 saturated heterocycles. The maximum Gasteiger partial charge on any atom is 0.307 e. The molecular weight excluding hydrogens is 492 g/mol. The van der Waals surface area contributed by atoms with E-state index in [4.69, 9.17) is 21.1 Å². The molecule has 0 radical (unpaired) electrons. The first-order valence-electron chi connectivity index (χ1n) is 10.9. The molecule has 0 spiro atoms. The number of amides is 2. The van der Waals surface area contributed by atoms with E-state index in [-0.39, 0.29) is 11.8 Å². The molecule has 3 rings (SSSR count). The van der Waals surface area contributed by atoms with Gasteiger partial charge >= 0.3 is 5.97 Å². The van der Waals surface area contributed by atoms with E-state index in [0.29, 0.717) is 40.7 Å². The molecule has 8 nitrogen and oxygen atoms in total. The smallest absolute Gasteiger partial charge is 0.307 e. The molecule has 2 aromatic rings. The fourth-order valence-corrected chi connectivity index (χ4v) is 4.79. The Kier molecular flexibility index (Phi) is 9.06. The number of thioether (sulfide) groups is 1. The van der Waals surface area contributed by atoms with Crippen molar-refractivity contribution in [1.29, 1.82) is 0 Å². The lowest BCUT2D eigenvalue weighted by molar-refractivity contribution is -0.146. The predicted molar refractivity (Wildman–Crippen MR) is 137 cm³/mol. The molecule has 2 amide bonds. The highest BCUT2D eigenvalue weighted by Gasteiger charge is 2.34. The number of benzene rings is 2. The van der Waals surface area contributed by atoms with Crippen molar-refractivity contribution in [2.24, 2.45) is 11.8 Å². The van der Waals surface area contributed by atoms with Crippen molar-refractivity contribution in [1.82, 2.24) is 0 Å². The summed E-state index contributed by atoms with van der Waals surface area (Å²) in [7, 11) is 2.98. The van der Waals surface area contributed by atoms with E-state index >= 15 is 0 Å². The zero-order chi connectivity index (χ0) is 25.5. The minimum absolute atomic E-state index is 0.239. The monoisotopic (exact) mass is 518 g/mol. The lowest BCUT2D eigenvalue weighted by Crippen LogP contribution is -2.34. The zero-order valence-corrected chi connectivity index (χ0v) is 21.1. The normalized spacial score (nSPS) is 17.8. The summed E-state index contributed by atoms with van der Waals surface area (Å²) < 4.78 is 10.5. The fraction of sp³-hybridized carbons (Fsp3) is 0.320. The third-order valence-corrected chi connectivity index (χ3v) is 7.03. The molecule has 0 heterocycles. The summed E-state index contributed by atoms with van der Waals surface area (Å²) in [6.07, 6.45) is 4.38. The Bertz CT molecular complexity index is 1120. The molecule has 0 bridgehead atoms. The second-order valence-electron chi connectivity index (χ2n) is 7.94. The van der Waals surface area contributed by atoms with Crippen molar-refractivity contribution >= 4 is 52.5 Å². The number of halogens is 1. The second-order valence-corrected chi connectivity index (χ2v) is 9.77. The summed E-state index contributed by atoms with van der Waals surface area (Å²) in [5.41, 5.74) is 0.999. The van der Waals surface area contributed by atoms with Crippen molar-refractivity contribution < 1.29 is 29.0 Å². The van der Waals surface area contributed by atoms with Crippen LogP contribution in [0.25, 0.3) is 0 Å². The molecule has 0 saturated carbocycles. The van der Waals surface area contributed by atoms with Gasteiger partial charge in [-0.3, -0.25) is 14.4 Å². The van der Waals surface area contributed by atoms with Crippen LogP contribution >= 0.6 is 23.4 Å². The van der Waals surface area contributed by atoms with Crippen molar-refractivity contribution in [3.8, 4) is 11.5 Å². The summed E-state index contributed by atoms with van der Waals surface area (Å²) >= 11 is 7.52. The van der Waals surface area contributed by atoms with Gasteiger partial charge in [0.25, 0.3) is 0 Å². The molecule has 3 unspecified atom stereocenters. The summed E-state index contributed by atoms with van der Waals surface area (Å²) in [6.45, 7) is 1.77. The predicted octanol–water partition coefficient (Wildman–Crippen LogP) is 5.08. The average Bonchev–Trinajstić information content (AvgIpc) is 2.85. The van der Waals surface area contributed by atoms with E-state index in [2.05, 4.69) is 10.6 Å². The number of allylic oxidation sites excluding steroid dienone is 2. The average molecular weight is 519 g/mol. The lowest BCUT2D eigenvalue weighted by Gasteiger charge is -2.24. The Morgan fingerprint density at radius 2 is 1.63 bits per heavy atom. The molecule has 186 valence electrons. The lowest BCUT2D eigenvalue weighted by atomic mass is 9.82. The highest BCUT2D eigenvalue weighted by Crippen LogP contribution is 2.36. The van der Waals surface area contributed by atoms with Gasteiger partial charge in [-0.25, -0.2) is 0 Å². The minimum Gasteiger partial charge on any atom is -0.495 e. The number of carbonyl (C=O) groups is 3. The highest BCUT2D eigenvalue weighted by molar-refractivity contribution is 8.00. The summed E-state index contributed by atoms with van der Waals surface area (Å²) in [5.74, 6) is -2.00. The van der Waals surface area contributed by atoms with Crippen molar-refractivity contribution in [2.75, 3.05) is 24.9 Å². The Morgan fingerprint density at radius 1 is 1.00 bits per heavy atom. The number of aliphatic carboxylic acids is 1. The third kappa shape index (κ3) is 6.70. The number of carboxylic acids is 1. The Balaban J connectivity index is 1.60. The number of methoxy groups -OCH3 is 2. The molecule has 2 aromatic carbocycles. The van der Waals surface area contributed by atoms with Crippen LogP contribution in [0.5, 0.6) is 11.5 Å². The first-order chi connectivity index (χ1) is 16.7. The van der Waals surface area contributed by atoms with E-state index in [9.17, 15) is 19.5 Å². The second kappa shape index (κ2) is 12.0. The molecule has 10 heteroatoms. The van der Waals surface area contributed by atoms with E-state index in [1.165, 1.54) is 26.0 Å². The van der Waals surface area contributed by atoms with E-state index in [0.717, 1.165) is 4.90 Å². The van der Waals surface area contributed by atoms with Crippen LogP contribution < -0.4 is 20.1 Å². The first kappa shape index (κ1) is 26.4. The summed E-state index contributed by atoms with van der Waals surface area (Å²) in [6, 6.07) is 10.2. The summed E-state index contributed by atoms with van der Waals surface area (Å²) in [5, 5.41) is 14.9. The number of carboxylic acid groups (broad SMARTS) is 1. The molecule has 1 aliphatic carbocycles. The molecule has 3 atom stereocenters. The first-order valence-corrected chi connectivity index (χ1v) is 12.2. The summed E-state index contributed by atoms with van der Waals surface area (Å²) in [4.78, 5) is 37.7. The number of hydrogen-bond donors (Lipinski definition) is 3. The molecular formula is C25H27ClN2O6S. The van der Waals surface area contributed by atoms with Gasteiger partial charge in [0.2, 0.25) is 11.8 Å². The van der Waals surface area contributed by atoms with Crippen LogP contribution in [0, 0.1) is 11.8 Å². The molecule has 0 aliphatic heterocycles. The van der Waals surface area contributed by atoms with Crippen LogP contribution in [0.1, 0.15) is 19.8 Å². The van der Waals surface area contributed by atoms with Crippen LogP contribution in [0.2, 0.25) is 5.02 Å². The SMILES string of the molecule is COc1cc(OC)c(NC(=O)C(C)Sc2ccc(NC(=O)C3CC=CCC3C(=O)O)cc2)cc1Cl. The maximum absolute atomic E-state index is 12.8. The van der Waals surface area contributed by atoms with Gasteiger partial charge in [0.05, 0.1) is 42.0 Å². The highest BCUT2D eigenvalue weighted by atomic mass is 35.5. The van der Waals surface area contributed by atoms with Crippen LogP contribution in [0.3, 0.4) is 0 Å². The van der Waals surface area contributed by atoms with Gasteiger partial charge < -0.3 is 25.2 Å². The third-order valence-electron chi connectivity index (χ3n) is 5.62. The van der Waals surface area contributed by atoms with Crippen LogP contribution in [0.15, 0.2) is 53.4 Å². The number of ether oxygens (including phenoxy) is 2.